The zero-order valence-electron chi connectivity index (χ0n) is 8.66. The Labute approximate surface area is 84.5 Å². The molecule has 2 heteroatoms. The highest BCUT2D eigenvalue weighted by atomic mass is 16.5. The molecule has 1 aliphatic rings. The number of benzene rings is 1. The first-order valence-electron chi connectivity index (χ1n) is 5.24. The monoisotopic (exact) mass is 192 g/mol. The van der Waals surface area contributed by atoms with Crippen LogP contribution in [0.3, 0.4) is 0 Å². The summed E-state index contributed by atoms with van der Waals surface area (Å²) in [6.07, 6.45) is 1.30. The Morgan fingerprint density at radius 2 is 2.14 bits per heavy atom. The van der Waals surface area contributed by atoms with Crippen molar-refractivity contribution in [1.82, 2.24) is 0 Å². The smallest absolute Gasteiger partial charge is 0.129 e. The number of hydrogen-bond donors (Lipinski definition) is 1. The van der Waals surface area contributed by atoms with Crippen molar-refractivity contribution in [2.75, 3.05) is 0 Å². The van der Waals surface area contributed by atoms with Crippen LogP contribution >= 0.6 is 0 Å². The fraction of sp³-hybridized carbons (Fsp3) is 0.500. The highest BCUT2D eigenvalue weighted by Crippen LogP contribution is 2.40. The number of ether oxygens (including phenoxy) is 1. The van der Waals surface area contributed by atoms with E-state index in [9.17, 15) is 5.11 Å². The molecule has 0 bridgehead atoms. The largest absolute Gasteiger partial charge is 0.487 e. The summed E-state index contributed by atoms with van der Waals surface area (Å²) in [7, 11) is 0. The molecule has 0 radical (unpaired) electrons. The molecule has 1 heterocycles. The molecule has 2 rings (SSSR count). The molecule has 0 saturated heterocycles. The molecule has 1 aromatic carbocycles. The quantitative estimate of drug-likeness (QED) is 0.780. The van der Waals surface area contributed by atoms with Crippen molar-refractivity contribution in [2.24, 2.45) is 0 Å². The van der Waals surface area contributed by atoms with Crippen LogP contribution < -0.4 is 4.74 Å². The summed E-state index contributed by atoms with van der Waals surface area (Å²) in [5, 5.41) is 9.94. The van der Waals surface area contributed by atoms with E-state index in [1.165, 1.54) is 5.56 Å². The van der Waals surface area contributed by atoms with E-state index in [1.54, 1.807) is 0 Å². The summed E-state index contributed by atoms with van der Waals surface area (Å²) in [5.74, 6) is 0.911. The second-order valence-corrected chi connectivity index (χ2v) is 3.70. The van der Waals surface area contributed by atoms with Gasteiger partial charge in [0.25, 0.3) is 0 Å². The molecule has 76 valence electrons. The van der Waals surface area contributed by atoms with Gasteiger partial charge in [-0.05, 0) is 18.4 Å². The summed E-state index contributed by atoms with van der Waals surface area (Å²) in [6.45, 7) is 4.13. The number of aliphatic hydroxyl groups excluding tert-OH is 1. The van der Waals surface area contributed by atoms with Crippen LogP contribution in [0.25, 0.3) is 0 Å². The lowest BCUT2D eigenvalue weighted by Crippen LogP contribution is -2.16. The zero-order valence-corrected chi connectivity index (χ0v) is 8.66. The average Bonchev–Trinajstić information content (AvgIpc) is 2.55. The predicted octanol–water partition coefficient (Wildman–Crippen LogP) is 2.45. The highest BCUT2D eigenvalue weighted by Gasteiger charge is 2.32. The molecule has 2 nitrogen and oxygen atoms in total. The van der Waals surface area contributed by atoms with Gasteiger partial charge in [0.2, 0.25) is 0 Å². The number of aliphatic hydroxyl groups is 1. The molecule has 2 unspecified atom stereocenters. The van der Waals surface area contributed by atoms with Crippen LogP contribution in [-0.2, 0) is 6.42 Å². The van der Waals surface area contributed by atoms with E-state index in [2.05, 4.69) is 13.0 Å². The average molecular weight is 192 g/mol. The molecule has 0 aromatic heterocycles. The van der Waals surface area contributed by atoms with Crippen LogP contribution in [0.1, 0.15) is 37.5 Å². The SMILES string of the molecule is CCc1cccc2c1OC(CC)C2O. The normalized spacial score (nSPS) is 24.5. The second-order valence-electron chi connectivity index (χ2n) is 3.70. The van der Waals surface area contributed by atoms with Gasteiger partial charge in [-0.1, -0.05) is 32.0 Å². The molecule has 0 fully saturated rings. The van der Waals surface area contributed by atoms with Gasteiger partial charge in [0.15, 0.2) is 0 Å². The topological polar surface area (TPSA) is 29.5 Å². The van der Waals surface area contributed by atoms with Gasteiger partial charge in [-0.2, -0.15) is 0 Å². The fourth-order valence-electron chi connectivity index (χ4n) is 1.98. The van der Waals surface area contributed by atoms with Crippen molar-refractivity contribution < 1.29 is 9.84 Å². The van der Waals surface area contributed by atoms with Crippen LogP contribution in [0, 0.1) is 0 Å². The minimum absolute atomic E-state index is 0.0577. The summed E-state index contributed by atoms with van der Waals surface area (Å²) < 4.78 is 5.74. The Balaban J connectivity index is 2.42. The maximum absolute atomic E-state index is 9.94. The Hall–Kier alpha value is -1.02. The standard InChI is InChI=1S/C12H16O2/c1-3-8-6-5-7-9-11(13)10(4-2)14-12(8)9/h5-7,10-11,13H,3-4H2,1-2H3. The van der Waals surface area contributed by atoms with Gasteiger partial charge in [-0.15, -0.1) is 0 Å². The van der Waals surface area contributed by atoms with E-state index >= 15 is 0 Å². The lowest BCUT2D eigenvalue weighted by atomic mass is 10.0. The summed E-state index contributed by atoms with van der Waals surface area (Å²) in [4.78, 5) is 0. The van der Waals surface area contributed by atoms with Crippen molar-refractivity contribution in [2.45, 2.75) is 38.9 Å². The lowest BCUT2D eigenvalue weighted by molar-refractivity contribution is 0.0650. The van der Waals surface area contributed by atoms with Crippen molar-refractivity contribution in [3.63, 3.8) is 0 Å². The first kappa shape index (κ1) is 9.53. The third-order valence-electron chi connectivity index (χ3n) is 2.85. The first-order valence-corrected chi connectivity index (χ1v) is 5.24. The lowest BCUT2D eigenvalue weighted by Gasteiger charge is -2.11. The van der Waals surface area contributed by atoms with E-state index in [0.717, 1.165) is 24.2 Å². The van der Waals surface area contributed by atoms with E-state index in [-0.39, 0.29) is 6.10 Å². The van der Waals surface area contributed by atoms with Crippen LogP contribution in [-0.4, -0.2) is 11.2 Å². The van der Waals surface area contributed by atoms with Crippen LogP contribution in [0.4, 0.5) is 0 Å². The fourth-order valence-corrected chi connectivity index (χ4v) is 1.98. The molecular weight excluding hydrogens is 176 g/mol. The Morgan fingerprint density at radius 1 is 1.36 bits per heavy atom. The zero-order chi connectivity index (χ0) is 10.1. The Bertz CT molecular complexity index is 333. The maximum atomic E-state index is 9.94. The first-order chi connectivity index (χ1) is 6.77. The summed E-state index contributed by atoms with van der Waals surface area (Å²) >= 11 is 0. The van der Waals surface area contributed by atoms with E-state index in [4.69, 9.17) is 4.74 Å². The van der Waals surface area contributed by atoms with Crippen LogP contribution in [0.15, 0.2) is 18.2 Å². The molecule has 0 saturated carbocycles. The highest BCUT2D eigenvalue weighted by molar-refractivity contribution is 5.46. The van der Waals surface area contributed by atoms with Gasteiger partial charge < -0.3 is 9.84 Å². The van der Waals surface area contributed by atoms with Crippen molar-refractivity contribution in [1.29, 1.82) is 0 Å². The van der Waals surface area contributed by atoms with Crippen LogP contribution in [0.2, 0.25) is 0 Å². The molecule has 2 atom stereocenters. The van der Waals surface area contributed by atoms with Gasteiger partial charge in [0.05, 0.1) is 0 Å². The molecule has 0 spiro atoms. The molecular formula is C12H16O2. The predicted molar refractivity (Wildman–Crippen MR) is 55.5 cm³/mol. The van der Waals surface area contributed by atoms with E-state index in [0.29, 0.717) is 0 Å². The number of aryl methyl sites for hydroxylation is 1. The van der Waals surface area contributed by atoms with Gasteiger partial charge in [-0.25, -0.2) is 0 Å². The molecule has 0 amide bonds. The maximum Gasteiger partial charge on any atom is 0.129 e. The molecule has 14 heavy (non-hydrogen) atoms. The number of fused-ring (bicyclic) bond motifs is 1. The summed E-state index contributed by atoms with van der Waals surface area (Å²) in [6, 6.07) is 6.00. The Kier molecular flexibility index (Phi) is 2.46. The van der Waals surface area contributed by atoms with Gasteiger partial charge in [-0.3, -0.25) is 0 Å². The van der Waals surface area contributed by atoms with Gasteiger partial charge in [0, 0.05) is 5.56 Å². The van der Waals surface area contributed by atoms with Crippen molar-refractivity contribution >= 4 is 0 Å². The second kappa shape index (κ2) is 3.62. The van der Waals surface area contributed by atoms with Crippen molar-refractivity contribution in [3.8, 4) is 5.75 Å². The van der Waals surface area contributed by atoms with E-state index in [1.807, 2.05) is 19.1 Å². The van der Waals surface area contributed by atoms with Gasteiger partial charge >= 0.3 is 0 Å². The molecule has 1 aliphatic heterocycles. The minimum Gasteiger partial charge on any atom is -0.487 e. The van der Waals surface area contributed by atoms with Crippen molar-refractivity contribution in [3.05, 3.63) is 29.3 Å². The number of para-hydroxylation sites is 1. The molecule has 1 N–H and O–H groups in total. The molecule has 0 aliphatic carbocycles. The van der Waals surface area contributed by atoms with E-state index < -0.39 is 6.10 Å². The third-order valence-corrected chi connectivity index (χ3v) is 2.85. The van der Waals surface area contributed by atoms with Crippen LogP contribution in [0.5, 0.6) is 5.75 Å². The number of rotatable bonds is 2. The third kappa shape index (κ3) is 1.30. The number of hydrogen-bond acceptors (Lipinski definition) is 2. The van der Waals surface area contributed by atoms with Gasteiger partial charge in [0.1, 0.15) is 18.0 Å². The minimum atomic E-state index is -0.443. The summed E-state index contributed by atoms with van der Waals surface area (Å²) in [5.41, 5.74) is 2.15. The molecule has 1 aromatic rings. The Morgan fingerprint density at radius 3 is 2.79 bits per heavy atom.